The molecule has 2 saturated heterocycles. The van der Waals surface area contributed by atoms with Crippen LogP contribution in [0.15, 0.2) is 0 Å². The number of carbonyl (C=O) groups excluding carboxylic acids is 2. The van der Waals surface area contributed by atoms with Crippen LogP contribution in [0.1, 0.15) is 113 Å². The first-order chi connectivity index (χ1) is 20.4. The molecule has 7 aliphatic rings. The molecule has 2 heterocycles. The van der Waals surface area contributed by atoms with Crippen LogP contribution in [0, 0.1) is 50.7 Å². The van der Waals surface area contributed by atoms with E-state index in [1.807, 2.05) is 4.90 Å². The summed E-state index contributed by atoms with van der Waals surface area (Å²) in [6, 6.07) is 0. The molecule has 5 saturated carbocycles. The summed E-state index contributed by atoms with van der Waals surface area (Å²) in [4.78, 5) is 26.7. The summed E-state index contributed by atoms with van der Waals surface area (Å²) in [7, 11) is 0. The second kappa shape index (κ2) is 9.59. The number of likely N-dealkylation sites (tertiary alicyclic amines) is 1. The van der Waals surface area contributed by atoms with Crippen LogP contribution in [0.2, 0.25) is 0 Å². The molecular formula is C36H57NO7. The Labute approximate surface area is 263 Å². The van der Waals surface area contributed by atoms with Gasteiger partial charge in [-0.25, -0.2) is 4.79 Å². The second-order valence-electron chi connectivity index (χ2n) is 18.0. The van der Waals surface area contributed by atoms with Gasteiger partial charge < -0.3 is 29.3 Å². The summed E-state index contributed by atoms with van der Waals surface area (Å²) in [5, 5.41) is 23.5. The zero-order valence-corrected chi connectivity index (χ0v) is 28.4. The fourth-order valence-electron chi connectivity index (χ4n) is 13.3. The van der Waals surface area contributed by atoms with Crippen molar-refractivity contribution in [2.45, 2.75) is 149 Å². The van der Waals surface area contributed by atoms with Crippen LogP contribution in [-0.4, -0.2) is 76.4 Å². The van der Waals surface area contributed by atoms with E-state index in [-0.39, 0.29) is 57.2 Å². The molecule has 7 rings (SSSR count). The second-order valence-corrected chi connectivity index (χ2v) is 18.0. The van der Waals surface area contributed by atoms with Crippen LogP contribution >= 0.6 is 0 Å². The Kier molecular flexibility index (Phi) is 6.81. The van der Waals surface area contributed by atoms with Crippen molar-refractivity contribution >= 4 is 12.1 Å². The largest absolute Gasteiger partial charge is 0.457 e. The zero-order valence-electron chi connectivity index (χ0n) is 28.4. The lowest BCUT2D eigenvalue weighted by atomic mass is 9.41. The number of hydrogen-bond donors (Lipinski definition) is 2. The Morgan fingerprint density at radius 3 is 2.27 bits per heavy atom. The van der Waals surface area contributed by atoms with Gasteiger partial charge >= 0.3 is 12.1 Å². The lowest BCUT2D eigenvalue weighted by Gasteiger charge is -2.63. The highest BCUT2D eigenvalue weighted by atomic mass is 16.6. The summed E-state index contributed by atoms with van der Waals surface area (Å²) in [6.45, 7) is 18.1. The highest BCUT2D eigenvalue weighted by molar-refractivity contribution is 5.68. The molecule has 2 aliphatic heterocycles. The number of hydrogen-bond acceptors (Lipinski definition) is 7. The van der Waals surface area contributed by atoms with Gasteiger partial charge in [-0.3, -0.25) is 4.79 Å². The molecule has 44 heavy (non-hydrogen) atoms. The van der Waals surface area contributed by atoms with E-state index in [4.69, 9.17) is 14.2 Å². The van der Waals surface area contributed by atoms with Gasteiger partial charge in [0.15, 0.2) is 6.10 Å². The van der Waals surface area contributed by atoms with Gasteiger partial charge in [-0.15, -0.1) is 0 Å². The molecule has 5 aliphatic carbocycles. The smallest absolute Gasteiger partial charge is 0.410 e. The van der Waals surface area contributed by atoms with Crippen LogP contribution < -0.4 is 0 Å². The molecule has 0 radical (unpaired) electrons. The summed E-state index contributed by atoms with van der Waals surface area (Å²) in [5.41, 5.74) is -1.23. The summed E-state index contributed by atoms with van der Waals surface area (Å²) in [5.74, 6) is 0.958. The minimum Gasteiger partial charge on any atom is -0.457 e. The maximum absolute atomic E-state index is 12.8. The van der Waals surface area contributed by atoms with Crippen LogP contribution in [0.25, 0.3) is 0 Å². The number of aliphatic hydroxyl groups excluding tert-OH is 1. The van der Waals surface area contributed by atoms with Gasteiger partial charge in [-0.05, 0) is 112 Å². The molecule has 8 heteroatoms. The molecular weight excluding hydrogens is 558 g/mol. The summed E-state index contributed by atoms with van der Waals surface area (Å²) < 4.78 is 18.7. The highest BCUT2D eigenvalue weighted by Gasteiger charge is 2.84. The number of rotatable bonds is 4. The molecule has 0 bridgehead atoms. The molecule has 1 amide bonds. The van der Waals surface area contributed by atoms with Crippen molar-refractivity contribution in [1.82, 2.24) is 4.90 Å². The summed E-state index contributed by atoms with van der Waals surface area (Å²) in [6.07, 6.45) is 7.08. The number of ether oxygens (including phenoxy) is 3. The standard InChI is InChI=1S/C36H57NO7/c1-20-18-22(29(32(5,6)41)42-21(2)38)43-27-26(20)33(7)14-15-36-19-35(36)13-12-25(44-30(40)37-16-9-17-37)31(3,4)23(35)10-11-24(36)34(33,8)28(27)39/h20,22-29,39,41H,9-19H2,1-8H3/t20-,22+,23+,24+,25+,26+,27+,28+,29+,33-,34-,35-,36+/m1/s1. The number of aliphatic hydroxyl groups is 2. The Bertz CT molecular complexity index is 1210. The number of fused-ring (bicyclic) bond motifs is 4. The highest BCUT2D eigenvalue weighted by Crippen LogP contribution is 2.89. The molecule has 2 N–H and O–H groups in total. The average Bonchev–Trinajstić information content (AvgIpc) is 3.52. The SMILES string of the molecule is CC(=O)O[C@@H]([C@@H]1C[C@@H](C)[C@H]2[C@H](O1)[C@H](O)[C@@]1(C)[C@@H]3CC[C@H]4C(C)(C)[C@@H](OC(=O)N5CCC5)CC[C@@]45C[C@@]35CC[C@]21C)C(C)(C)O. The topological polar surface area (TPSA) is 106 Å². The maximum Gasteiger partial charge on any atom is 0.410 e. The first kappa shape index (κ1) is 31.2. The van der Waals surface area contributed by atoms with E-state index in [1.54, 1.807) is 13.8 Å². The molecule has 0 unspecified atom stereocenters. The molecule has 0 aromatic rings. The molecule has 2 spiro atoms. The summed E-state index contributed by atoms with van der Waals surface area (Å²) >= 11 is 0. The minimum atomic E-state index is -1.26. The normalized spacial score (nSPS) is 50.9. The van der Waals surface area contributed by atoms with Gasteiger partial charge in [-0.1, -0.05) is 34.6 Å². The van der Waals surface area contributed by atoms with Crippen molar-refractivity contribution in [1.29, 1.82) is 0 Å². The van der Waals surface area contributed by atoms with Crippen molar-refractivity contribution < 1.29 is 34.0 Å². The van der Waals surface area contributed by atoms with Crippen LogP contribution in [-0.2, 0) is 19.0 Å². The van der Waals surface area contributed by atoms with Gasteiger partial charge in [0.25, 0.3) is 0 Å². The fourth-order valence-corrected chi connectivity index (χ4v) is 13.3. The van der Waals surface area contributed by atoms with Crippen LogP contribution in [0.5, 0.6) is 0 Å². The average molecular weight is 616 g/mol. The number of carbonyl (C=O) groups is 2. The predicted octanol–water partition coefficient (Wildman–Crippen LogP) is 5.71. The Hall–Kier alpha value is -1.38. The van der Waals surface area contributed by atoms with E-state index < -0.39 is 29.9 Å². The molecule has 8 nitrogen and oxygen atoms in total. The van der Waals surface area contributed by atoms with E-state index in [1.165, 1.54) is 19.8 Å². The van der Waals surface area contributed by atoms with Gasteiger partial charge in [0.2, 0.25) is 0 Å². The predicted molar refractivity (Wildman–Crippen MR) is 164 cm³/mol. The van der Waals surface area contributed by atoms with Gasteiger partial charge in [0, 0.05) is 30.8 Å². The Balaban J connectivity index is 1.16. The molecule has 0 aromatic carbocycles. The number of esters is 1. The molecule has 13 atom stereocenters. The van der Waals surface area contributed by atoms with E-state index in [2.05, 4.69) is 34.6 Å². The van der Waals surface area contributed by atoms with Gasteiger partial charge in [0.1, 0.15) is 6.10 Å². The maximum atomic E-state index is 12.8. The van der Waals surface area contributed by atoms with Crippen LogP contribution in [0.4, 0.5) is 4.79 Å². The van der Waals surface area contributed by atoms with Crippen LogP contribution in [0.3, 0.4) is 0 Å². The van der Waals surface area contributed by atoms with Gasteiger partial charge in [0.05, 0.1) is 23.9 Å². The van der Waals surface area contributed by atoms with Crippen molar-refractivity contribution in [3.8, 4) is 0 Å². The molecule has 0 aromatic heterocycles. The quantitative estimate of drug-likeness (QED) is 0.390. The third kappa shape index (κ3) is 3.85. The van der Waals surface area contributed by atoms with Crippen molar-refractivity contribution in [3.63, 3.8) is 0 Å². The van der Waals surface area contributed by atoms with Crippen molar-refractivity contribution in [2.24, 2.45) is 50.7 Å². The lowest BCUT2D eigenvalue weighted by molar-refractivity contribution is -0.216. The Morgan fingerprint density at radius 1 is 1.00 bits per heavy atom. The third-order valence-corrected chi connectivity index (χ3v) is 15.4. The fraction of sp³-hybridized carbons (Fsp3) is 0.944. The van der Waals surface area contributed by atoms with E-state index in [9.17, 15) is 19.8 Å². The van der Waals surface area contributed by atoms with Crippen molar-refractivity contribution in [2.75, 3.05) is 13.1 Å². The minimum absolute atomic E-state index is 0.0445. The van der Waals surface area contributed by atoms with E-state index >= 15 is 0 Å². The van der Waals surface area contributed by atoms with Crippen molar-refractivity contribution in [3.05, 3.63) is 0 Å². The lowest BCUT2D eigenvalue weighted by Crippen LogP contribution is -2.60. The molecule has 7 fully saturated rings. The zero-order chi connectivity index (χ0) is 31.8. The monoisotopic (exact) mass is 615 g/mol. The molecule has 248 valence electrons. The van der Waals surface area contributed by atoms with Gasteiger partial charge in [-0.2, -0.15) is 0 Å². The first-order valence-electron chi connectivity index (χ1n) is 17.6. The number of amides is 1. The van der Waals surface area contributed by atoms with E-state index in [0.29, 0.717) is 18.3 Å². The Morgan fingerprint density at radius 2 is 1.66 bits per heavy atom. The van der Waals surface area contributed by atoms with E-state index in [0.717, 1.165) is 51.6 Å². The number of nitrogens with zero attached hydrogens (tertiary/aromatic N) is 1. The third-order valence-electron chi connectivity index (χ3n) is 15.4. The first-order valence-corrected chi connectivity index (χ1v) is 17.6.